The Morgan fingerprint density at radius 3 is 1.83 bits per heavy atom. The van der Waals surface area contributed by atoms with E-state index in [4.69, 9.17) is 0 Å². The van der Waals surface area contributed by atoms with E-state index in [1.165, 1.54) is 12.2 Å². The van der Waals surface area contributed by atoms with Crippen LogP contribution in [0.3, 0.4) is 0 Å². The van der Waals surface area contributed by atoms with Crippen molar-refractivity contribution in [1.29, 1.82) is 0 Å². The summed E-state index contributed by atoms with van der Waals surface area (Å²) in [4.78, 5) is 27.0. The maximum Gasteiger partial charge on any atom is 0.235 e. The molecule has 66 valence electrons. The molecular weight excluding hydrogens is 156 g/mol. The Balaban J connectivity index is 4.49. The van der Waals surface area contributed by atoms with E-state index in [2.05, 4.69) is 9.98 Å². The first-order chi connectivity index (χ1) is 5.63. The van der Waals surface area contributed by atoms with Crippen LogP contribution in [-0.4, -0.2) is 24.2 Å². The zero-order chi connectivity index (χ0) is 9.56. The predicted molar refractivity (Wildman–Crippen MR) is 44.3 cm³/mol. The van der Waals surface area contributed by atoms with Crippen LogP contribution in [0.25, 0.3) is 0 Å². The molecule has 4 heteroatoms. The third-order valence-electron chi connectivity index (χ3n) is 1.64. The molecule has 0 spiro atoms. The van der Waals surface area contributed by atoms with Gasteiger partial charge in [-0.15, -0.1) is 0 Å². The number of hydrogen-bond donors (Lipinski definition) is 0. The summed E-state index contributed by atoms with van der Waals surface area (Å²) in [7, 11) is 0. The van der Waals surface area contributed by atoms with E-state index in [0.29, 0.717) is 0 Å². The molecule has 0 aromatic rings. The Morgan fingerprint density at radius 2 is 1.50 bits per heavy atom. The van der Waals surface area contributed by atoms with Gasteiger partial charge in [0.05, 0.1) is 12.1 Å². The average Bonchev–Trinajstić information content (AvgIpc) is 1.99. The summed E-state index contributed by atoms with van der Waals surface area (Å²) in [6.45, 7) is 5.53. The third-order valence-corrected chi connectivity index (χ3v) is 1.64. The van der Waals surface area contributed by atoms with Crippen molar-refractivity contribution in [2.24, 2.45) is 15.9 Å². The van der Waals surface area contributed by atoms with Gasteiger partial charge in [0, 0.05) is 0 Å². The van der Waals surface area contributed by atoms with Gasteiger partial charge in [0.1, 0.15) is 0 Å². The molecule has 0 aliphatic carbocycles. The Kier molecular flexibility index (Phi) is 4.86. The first-order valence-electron chi connectivity index (χ1n) is 3.77. The molecule has 4 nitrogen and oxygen atoms in total. The zero-order valence-corrected chi connectivity index (χ0v) is 7.44. The summed E-state index contributed by atoms with van der Waals surface area (Å²) in [6, 6.07) is -0.576. The molecule has 0 radical (unpaired) electrons. The fourth-order valence-corrected chi connectivity index (χ4v) is 1.03. The van der Waals surface area contributed by atoms with E-state index in [9.17, 15) is 9.59 Å². The van der Waals surface area contributed by atoms with Gasteiger partial charge in [0.25, 0.3) is 0 Å². The maximum atomic E-state index is 10.00. The smallest absolute Gasteiger partial charge is 0.211 e. The summed E-state index contributed by atoms with van der Waals surface area (Å²) >= 11 is 0. The fraction of sp³-hybridized carbons (Fsp3) is 0.750. The van der Waals surface area contributed by atoms with Gasteiger partial charge in [-0.2, -0.15) is 0 Å². The molecule has 0 aromatic carbocycles. The molecule has 0 saturated heterocycles. The van der Waals surface area contributed by atoms with Crippen LogP contribution in [0.5, 0.6) is 0 Å². The van der Waals surface area contributed by atoms with Crippen LogP contribution in [0.1, 0.15) is 20.8 Å². The highest BCUT2D eigenvalue weighted by Crippen LogP contribution is 2.12. The molecule has 0 aliphatic rings. The summed E-state index contributed by atoms with van der Waals surface area (Å²) < 4.78 is 0. The number of hydrogen-bond acceptors (Lipinski definition) is 4. The third kappa shape index (κ3) is 3.24. The maximum absolute atomic E-state index is 10.00. The van der Waals surface area contributed by atoms with Crippen LogP contribution >= 0.6 is 0 Å². The van der Waals surface area contributed by atoms with Crippen molar-refractivity contribution in [2.45, 2.75) is 32.9 Å². The van der Waals surface area contributed by atoms with Gasteiger partial charge in [-0.05, 0) is 12.8 Å². The number of carbonyl (C=O) groups excluding carboxylic acids is 2. The van der Waals surface area contributed by atoms with Crippen molar-refractivity contribution < 1.29 is 9.59 Å². The fourth-order valence-electron chi connectivity index (χ4n) is 1.03. The Hall–Kier alpha value is -1.24. The molecule has 0 rings (SSSR count). The molecule has 0 N–H and O–H groups in total. The minimum atomic E-state index is -0.302. The lowest BCUT2D eigenvalue weighted by molar-refractivity contribution is 0.430. The lowest BCUT2D eigenvalue weighted by Crippen LogP contribution is -2.25. The first-order valence-corrected chi connectivity index (χ1v) is 3.77. The van der Waals surface area contributed by atoms with E-state index >= 15 is 0 Å². The first kappa shape index (κ1) is 10.8. The van der Waals surface area contributed by atoms with Crippen LogP contribution in [0.15, 0.2) is 9.98 Å². The van der Waals surface area contributed by atoms with Gasteiger partial charge in [-0.3, -0.25) is 0 Å². The van der Waals surface area contributed by atoms with Crippen molar-refractivity contribution in [3.8, 4) is 0 Å². The summed E-state index contributed by atoms with van der Waals surface area (Å²) in [5, 5.41) is 0. The van der Waals surface area contributed by atoms with Gasteiger partial charge >= 0.3 is 0 Å². The number of isocyanates is 2. The van der Waals surface area contributed by atoms with Crippen molar-refractivity contribution >= 4 is 12.2 Å². The summed E-state index contributed by atoms with van der Waals surface area (Å²) in [6.07, 6.45) is 2.92. The number of aliphatic imine (C=N–C) groups is 2. The lowest BCUT2D eigenvalue weighted by Gasteiger charge is -2.16. The number of rotatable bonds is 4. The molecule has 0 aromatic heterocycles. The average molecular weight is 168 g/mol. The zero-order valence-electron chi connectivity index (χ0n) is 7.44. The standard InChI is InChI=1S/C8H12N2O2/c1-6(2)8(10-5-12)7(3)9-4-11/h6-8H,1-3H3. The van der Waals surface area contributed by atoms with E-state index in [1.54, 1.807) is 6.92 Å². The van der Waals surface area contributed by atoms with Gasteiger partial charge in [-0.25, -0.2) is 19.6 Å². The van der Waals surface area contributed by atoms with Crippen LogP contribution in [-0.2, 0) is 9.59 Å². The largest absolute Gasteiger partial charge is 0.235 e. The van der Waals surface area contributed by atoms with Crippen LogP contribution < -0.4 is 0 Å². The van der Waals surface area contributed by atoms with Crippen molar-refractivity contribution in [2.75, 3.05) is 0 Å². The lowest BCUT2D eigenvalue weighted by atomic mass is 9.99. The molecule has 0 saturated carbocycles. The molecular formula is C8H12N2O2. The Labute approximate surface area is 71.4 Å². The molecule has 0 bridgehead atoms. The summed E-state index contributed by atoms with van der Waals surface area (Å²) in [5.41, 5.74) is 0. The Bertz CT molecular complexity index is 225. The van der Waals surface area contributed by atoms with E-state index < -0.39 is 0 Å². The second-order valence-corrected chi connectivity index (χ2v) is 2.92. The monoisotopic (exact) mass is 168 g/mol. The molecule has 0 fully saturated rings. The second-order valence-electron chi connectivity index (χ2n) is 2.92. The molecule has 2 atom stereocenters. The molecule has 0 aliphatic heterocycles. The normalized spacial score (nSPS) is 14.3. The van der Waals surface area contributed by atoms with E-state index in [0.717, 1.165) is 0 Å². The quantitative estimate of drug-likeness (QED) is 0.465. The minimum absolute atomic E-state index is 0.165. The highest BCUT2D eigenvalue weighted by molar-refractivity contribution is 5.36. The molecule has 0 amide bonds. The highest BCUT2D eigenvalue weighted by Gasteiger charge is 2.19. The van der Waals surface area contributed by atoms with E-state index in [-0.39, 0.29) is 18.0 Å². The minimum Gasteiger partial charge on any atom is -0.211 e. The van der Waals surface area contributed by atoms with E-state index in [1.807, 2.05) is 13.8 Å². The van der Waals surface area contributed by atoms with Crippen molar-refractivity contribution in [1.82, 2.24) is 0 Å². The molecule has 0 heterocycles. The Morgan fingerprint density at radius 1 is 1.00 bits per heavy atom. The molecule has 2 unspecified atom stereocenters. The topological polar surface area (TPSA) is 58.9 Å². The number of nitrogens with zero attached hydrogens (tertiary/aromatic N) is 2. The van der Waals surface area contributed by atoms with Crippen LogP contribution in [0, 0.1) is 5.92 Å². The summed E-state index contributed by atoms with van der Waals surface area (Å²) in [5.74, 6) is 0.165. The SMILES string of the molecule is CC(C)C(N=C=O)C(C)N=C=O. The van der Waals surface area contributed by atoms with Crippen molar-refractivity contribution in [3.63, 3.8) is 0 Å². The van der Waals surface area contributed by atoms with Crippen molar-refractivity contribution in [3.05, 3.63) is 0 Å². The van der Waals surface area contributed by atoms with Gasteiger partial charge < -0.3 is 0 Å². The predicted octanol–water partition coefficient (Wildman–Crippen LogP) is 1.07. The molecule has 12 heavy (non-hydrogen) atoms. The second kappa shape index (κ2) is 5.42. The van der Waals surface area contributed by atoms with Crippen LogP contribution in [0.4, 0.5) is 0 Å². The van der Waals surface area contributed by atoms with Gasteiger partial charge in [0.15, 0.2) is 0 Å². The highest BCUT2D eigenvalue weighted by atomic mass is 16.1. The van der Waals surface area contributed by atoms with Gasteiger partial charge in [0.2, 0.25) is 12.2 Å². The van der Waals surface area contributed by atoms with Crippen LogP contribution in [0.2, 0.25) is 0 Å². The van der Waals surface area contributed by atoms with Gasteiger partial charge in [-0.1, -0.05) is 13.8 Å².